The Morgan fingerprint density at radius 2 is 1.78 bits per heavy atom. The molecule has 4 rings (SSSR count). The first-order valence-corrected chi connectivity index (χ1v) is 12.3. The number of carbonyl (C=O) groups is 1. The number of halogens is 2. The number of anilines is 1. The van der Waals surface area contributed by atoms with Crippen LogP contribution >= 0.6 is 11.6 Å². The van der Waals surface area contributed by atoms with Gasteiger partial charge in [-0.25, -0.2) is 12.8 Å². The summed E-state index contributed by atoms with van der Waals surface area (Å²) >= 11 is 5.78. The third-order valence-corrected chi connectivity index (χ3v) is 7.73. The van der Waals surface area contributed by atoms with E-state index in [1.165, 1.54) is 12.1 Å². The fourth-order valence-electron chi connectivity index (χ4n) is 4.08. The average Bonchev–Trinajstić information content (AvgIpc) is 3.06. The van der Waals surface area contributed by atoms with Crippen molar-refractivity contribution in [2.24, 2.45) is 0 Å². The highest BCUT2D eigenvalue weighted by molar-refractivity contribution is 7.93. The first-order chi connectivity index (χ1) is 15.1. The van der Waals surface area contributed by atoms with Crippen LogP contribution in [0, 0.1) is 26.6 Å². The van der Waals surface area contributed by atoms with Crippen molar-refractivity contribution in [3.8, 4) is 0 Å². The molecule has 1 amide bonds. The lowest BCUT2D eigenvalue weighted by Gasteiger charge is -2.25. The summed E-state index contributed by atoms with van der Waals surface area (Å²) in [7, 11) is -4.23. The van der Waals surface area contributed by atoms with Crippen LogP contribution < -0.4 is 4.72 Å². The topological polar surface area (TPSA) is 79.6 Å². The molecule has 1 aliphatic heterocycles. The Hall–Kier alpha value is -2.58. The standard InChI is InChI=1S/C23H24ClFN2O4S/c1-13-11-17-15(3)20(23(28)27-9-5-4-6-10-27)31-21(17)22(14(13)2)32(29,30)26-19-8-7-16(24)12-18(19)25/h7-8,11-12,26H,4-6,9-10H2,1-3H3. The summed E-state index contributed by atoms with van der Waals surface area (Å²) in [6, 6.07) is 5.51. The van der Waals surface area contributed by atoms with Crippen molar-refractivity contribution in [1.82, 2.24) is 4.90 Å². The van der Waals surface area contributed by atoms with Gasteiger partial charge in [0.05, 0.1) is 5.69 Å². The normalized spacial score (nSPS) is 14.7. The van der Waals surface area contributed by atoms with Crippen LogP contribution in [0.5, 0.6) is 0 Å². The Balaban J connectivity index is 1.85. The van der Waals surface area contributed by atoms with Crippen molar-refractivity contribution in [1.29, 1.82) is 0 Å². The van der Waals surface area contributed by atoms with Crippen LogP contribution in [0.25, 0.3) is 11.0 Å². The molecule has 170 valence electrons. The Labute approximate surface area is 191 Å². The van der Waals surface area contributed by atoms with Crippen molar-refractivity contribution in [3.63, 3.8) is 0 Å². The van der Waals surface area contributed by atoms with Crippen molar-refractivity contribution in [3.05, 3.63) is 57.6 Å². The van der Waals surface area contributed by atoms with E-state index in [1.807, 2.05) is 6.07 Å². The van der Waals surface area contributed by atoms with Crippen LogP contribution in [-0.4, -0.2) is 32.3 Å². The number of likely N-dealkylation sites (tertiary alicyclic amines) is 1. The Bertz CT molecular complexity index is 1330. The fourth-order valence-corrected chi connectivity index (χ4v) is 5.75. The summed E-state index contributed by atoms with van der Waals surface area (Å²) in [6.07, 6.45) is 2.94. The lowest BCUT2D eigenvalue weighted by Crippen LogP contribution is -2.35. The van der Waals surface area contributed by atoms with Crippen LogP contribution in [0.1, 0.15) is 46.5 Å². The van der Waals surface area contributed by atoms with Gasteiger partial charge in [0.15, 0.2) is 11.3 Å². The molecule has 1 fully saturated rings. The van der Waals surface area contributed by atoms with Gasteiger partial charge in [-0.15, -0.1) is 0 Å². The van der Waals surface area contributed by atoms with Crippen molar-refractivity contribution in [2.45, 2.75) is 44.9 Å². The number of rotatable bonds is 4. The summed E-state index contributed by atoms with van der Waals surface area (Å²) in [5.74, 6) is -0.894. The lowest BCUT2D eigenvalue weighted by atomic mass is 10.0. The zero-order valence-corrected chi connectivity index (χ0v) is 19.7. The number of nitrogens with one attached hydrogen (secondary N) is 1. The van der Waals surface area contributed by atoms with E-state index in [0.717, 1.165) is 30.9 Å². The highest BCUT2D eigenvalue weighted by atomic mass is 35.5. The number of benzene rings is 2. The predicted molar refractivity (Wildman–Crippen MR) is 122 cm³/mol. The molecule has 0 aliphatic carbocycles. The maximum atomic E-state index is 14.3. The van der Waals surface area contributed by atoms with Crippen LogP contribution in [0.4, 0.5) is 10.1 Å². The summed E-state index contributed by atoms with van der Waals surface area (Å²) in [5.41, 5.74) is 1.64. The van der Waals surface area contributed by atoms with Crippen molar-refractivity contribution in [2.75, 3.05) is 17.8 Å². The molecule has 2 heterocycles. The molecule has 0 unspecified atom stereocenters. The van der Waals surface area contributed by atoms with Gasteiger partial charge in [0.25, 0.3) is 15.9 Å². The number of furan rings is 1. The number of amides is 1. The van der Waals surface area contributed by atoms with E-state index in [1.54, 1.807) is 25.7 Å². The van der Waals surface area contributed by atoms with E-state index >= 15 is 0 Å². The summed E-state index contributed by atoms with van der Waals surface area (Å²) in [6.45, 7) is 6.49. The smallest absolute Gasteiger partial charge is 0.289 e. The second kappa shape index (κ2) is 8.41. The number of fused-ring (bicyclic) bond motifs is 1. The highest BCUT2D eigenvalue weighted by Crippen LogP contribution is 2.36. The lowest BCUT2D eigenvalue weighted by molar-refractivity contribution is 0.0693. The zero-order valence-electron chi connectivity index (χ0n) is 18.1. The van der Waals surface area contributed by atoms with Crippen LogP contribution in [-0.2, 0) is 10.0 Å². The van der Waals surface area contributed by atoms with E-state index in [0.29, 0.717) is 29.6 Å². The van der Waals surface area contributed by atoms with Gasteiger partial charge in [-0.1, -0.05) is 11.6 Å². The van der Waals surface area contributed by atoms with Gasteiger partial charge in [-0.05, 0) is 75.4 Å². The summed E-state index contributed by atoms with van der Waals surface area (Å²) < 4.78 is 49.2. The molecule has 1 N–H and O–H groups in total. The third-order valence-electron chi connectivity index (χ3n) is 5.97. The second-order valence-corrected chi connectivity index (χ2v) is 10.2. The largest absolute Gasteiger partial charge is 0.449 e. The van der Waals surface area contributed by atoms with E-state index < -0.39 is 15.8 Å². The van der Waals surface area contributed by atoms with E-state index in [-0.39, 0.29) is 32.9 Å². The summed E-state index contributed by atoms with van der Waals surface area (Å²) in [5, 5.41) is 0.701. The Kier molecular flexibility index (Phi) is 5.94. The number of aryl methyl sites for hydroxylation is 2. The quantitative estimate of drug-likeness (QED) is 0.531. The molecule has 32 heavy (non-hydrogen) atoms. The summed E-state index contributed by atoms with van der Waals surface area (Å²) in [4.78, 5) is 14.7. The van der Waals surface area contributed by atoms with Crippen LogP contribution in [0.3, 0.4) is 0 Å². The molecule has 0 spiro atoms. The van der Waals surface area contributed by atoms with Gasteiger partial charge in [-0.3, -0.25) is 9.52 Å². The monoisotopic (exact) mass is 478 g/mol. The SMILES string of the molecule is Cc1cc2c(C)c(C(=O)N3CCCCC3)oc2c(S(=O)(=O)Nc2ccc(Cl)cc2F)c1C. The minimum atomic E-state index is -4.23. The number of carbonyl (C=O) groups excluding carboxylic acids is 1. The first kappa shape index (κ1) is 22.6. The van der Waals surface area contributed by atoms with E-state index in [2.05, 4.69) is 4.72 Å². The first-order valence-electron chi connectivity index (χ1n) is 10.4. The van der Waals surface area contributed by atoms with E-state index in [9.17, 15) is 17.6 Å². The van der Waals surface area contributed by atoms with Gasteiger partial charge < -0.3 is 9.32 Å². The predicted octanol–water partition coefficient (Wildman–Crippen LogP) is 5.58. The molecular weight excluding hydrogens is 455 g/mol. The molecule has 3 aromatic rings. The molecule has 2 aromatic carbocycles. The molecule has 6 nitrogen and oxygen atoms in total. The molecule has 0 saturated carbocycles. The molecule has 9 heteroatoms. The van der Waals surface area contributed by atoms with Crippen LogP contribution in [0.2, 0.25) is 5.02 Å². The molecule has 1 aliphatic rings. The molecule has 1 aromatic heterocycles. The van der Waals surface area contributed by atoms with Crippen molar-refractivity contribution < 1.29 is 22.0 Å². The van der Waals surface area contributed by atoms with Crippen LogP contribution in [0.15, 0.2) is 33.6 Å². The maximum absolute atomic E-state index is 14.3. The molecule has 1 saturated heterocycles. The Morgan fingerprint density at radius 1 is 1.09 bits per heavy atom. The van der Waals surface area contributed by atoms with Crippen molar-refractivity contribution >= 4 is 44.2 Å². The average molecular weight is 479 g/mol. The second-order valence-electron chi connectivity index (χ2n) is 8.16. The molecule has 0 atom stereocenters. The van der Waals surface area contributed by atoms with Gasteiger partial charge >= 0.3 is 0 Å². The molecule has 0 bridgehead atoms. The number of nitrogens with zero attached hydrogens (tertiary/aromatic N) is 1. The van der Waals surface area contributed by atoms with Gasteiger partial charge in [-0.2, -0.15) is 0 Å². The molecular formula is C23H24ClFN2O4S. The highest BCUT2D eigenvalue weighted by Gasteiger charge is 2.30. The molecule has 0 radical (unpaired) electrons. The van der Waals surface area contributed by atoms with Gasteiger partial charge in [0, 0.05) is 29.1 Å². The van der Waals surface area contributed by atoms with E-state index in [4.69, 9.17) is 16.0 Å². The minimum Gasteiger partial charge on any atom is -0.449 e. The zero-order chi connectivity index (χ0) is 23.2. The Morgan fingerprint density at radius 3 is 2.44 bits per heavy atom. The number of sulfonamides is 1. The minimum absolute atomic E-state index is 0.0906. The third kappa shape index (κ3) is 3.97. The van der Waals surface area contributed by atoms with Gasteiger partial charge in [0.2, 0.25) is 0 Å². The fraction of sp³-hybridized carbons (Fsp3) is 0.348. The number of piperidine rings is 1. The maximum Gasteiger partial charge on any atom is 0.289 e. The van der Waals surface area contributed by atoms with Gasteiger partial charge in [0.1, 0.15) is 10.7 Å². The number of hydrogen-bond acceptors (Lipinski definition) is 4. The number of hydrogen-bond donors (Lipinski definition) is 1.